The largest absolute Gasteiger partial charge is 0.337 e. The molecule has 0 fully saturated rings. The predicted molar refractivity (Wildman–Crippen MR) is 80.1 cm³/mol. The van der Waals surface area contributed by atoms with Crippen molar-refractivity contribution in [1.29, 1.82) is 0 Å². The first-order valence-corrected chi connectivity index (χ1v) is 7.02. The molecule has 0 amide bonds. The molecule has 0 spiro atoms. The Morgan fingerprint density at radius 1 is 1.19 bits per heavy atom. The lowest BCUT2D eigenvalue weighted by Crippen LogP contribution is -2.39. The van der Waals surface area contributed by atoms with Crippen LogP contribution in [0.2, 0.25) is 0 Å². The molecule has 0 aromatic carbocycles. The van der Waals surface area contributed by atoms with Crippen LogP contribution in [0.4, 0.5) is 0 Å². The minimum absolute atomic E-state index is 0.269. The van der Waals surface area contributed by atoms with Gasteiger partial charge in [-0.15, -0.1) is 0 Å². The fourth-order valence-corrected chi connectivity index (χ4v) is 2.13. The summed E-state index contributed by atoms with van der Waals surface area (Å²) >= 11 is 0. The highest BCUT2D eigenvalue weighted by Gasteiger charge is 2.04. The molecular formula is C14H21N5O2. The van der Waals surface area contributed by atoms with Gasteiger partial charge < -0.3 is 9.88 Å². The van der Waals surface area contributed by atoms with E-state index in [4.69, 9.17) is 0 Å². The number of hydrogen-bond acceptors (Lipinski definition) is 4. The third kappa shape index (κ3) is 3.91. The van der Waals surface area contributed by atoms with Gasteiger partial charge in [0.05, 0.1) is 6.33 Å². The Kier molecular flexibility index (Phi) is 5.10. The first kappa shape index (κ1) is 15.2. The summed E-state index contributed by atoms with van der Waals surface area (Å²) in [6.45, 7) is 2.32. The third-order valence-corrected chi connectivity index (χ3v) is 3.51. The van der Waals surface area contributed by atoms with Gasteiger partial charge in [-0.25, -0.2) is 9.78 Å². The van der Waals surface area contributed by atoms with Crippen molar-refractivity contribution < 1.29 is 0 Å². The van der Waals surface area contributed by atoms with Crippen molar-refractivity contribution in [3.8, 4) is 0 Å². The van der Waals surface area contributed by atoms with Crippen molar-refractivity contribution >= 4 is 0 Å². The van der Waals surface area contributed by atoms with Gasteiger partial charge in [0.2, 0.25) is 0 Å². The van der Waals surface area contributed by atoms with E-state index < -0.39 is 0 Å². The second kappa shape index (κ2) is 7.03. The monoisotopic (exact) mass is 291 g/mol. The predicted octanol–water partition coefficient (Wildman–Crippen LogP) is -0.150. The zero-order chi connectivity index (χ0) is 15.2. The van der Waals surface area contributed by atoms with E-state index in [2.05, 4.69) is 10.3 Å². The maximum atomic E-state index is 11.8. The molecule has 2 aromatic rings. The number of nitrogens with one attached hydrogen (secondary N) is 1. The van der Waals surface area contributed by atoms with Crippen LogP contribution in [0.3, 0.4) is 0 Å². The van der Waals surface area contributed by atoms with Gasteiger partial charge in [0.1, 0.15) is 0 Å². The quantitative estimate of drug-likeness (QED) is 0.720. The van der Waals surface area contributed by atoms with Crippen LogP contribution in [0, 0.1) is 0 Å². The van der Waals surface area contributed by atoms with Crippen LogP contribution < -0.4 is 16.6 Å². The highest BCUT2D eigenvalue weighted by atomic mass is 16.2. The second-order valence-electron chi connectivity index (χ2n) is 5.06. The summed E-state index contributed by atoms with van der Waals surface area (Å²) in [6.07, 6.45) is 7.61. The fraction of sp³-hybridized carbons (Fsp3) is 0.500. The topological polar surface area (TPSA) is 73.8 Å². The summed E-state index contributed by atoms with van der Waals surface area (Å²) in [4.78, 5) is 27.4. The smallest absolute Gasteiger partial charge is 0.330 e. The van der Waals surface area contributed by atoms with Gasteiger partial charge >= 0.3 is 5.69 Å². The number of rotatable bonds is 7. The summed E-state index contributed by atoms with van der Waals surface area (Å²) < 4.78 is 4.65. The molecule has 0 aliphatic rings. The maximum Gasteiger partial charge on any atom is 0.330 e. The van der Waals surface area contributed by atoms with Crippen molar-refractivity contribution in [2.45, 2.75) is 25.9 Å². The molecule has 0 aliphatic heterocycles. The van der Waals surface area contributed by atoms with E-state index in [1.807, 2.05) is 17.1 Å². The van der Waals surface area contributed by atoms with Gasteiger partial charge in [0, 0.05) is 51.3 Å². The molecule has 0 unspecified atom stereocenters. The Morgan fingerprint density at radius 3 is 2.71 bits per heavy atom. The second-order valence-corrected chi connectivity index (χ2v) is 5.06. The number of hydrogen-bond donors (Lipinski definition) is 1. The van der Waals surface area contributed by atoms with Gasteiger partial charge in [-0.2, -0.15) is 0 Å². The number of aromatic nitrogens is 4. The van der Waals surface area contributed by atoms with Gasteiger partial charge in [0.25, 0.3) is 5.56 Å². The first-order chi connectivity index (χ1) is 10.1. The SMILES string of the molecule is Cn1c(CNCCCCn2ccnc2)cc(=O)n(C)c1=O. The minimum Gasteiger partial charge on any atom is -0.337 e. The van der Waals surface area contributed by atoms with E-state index in [1.165, 1.54) is 17.7 Å². The Bertz CT molecular complexity index is 684. The molecule has 0 radical (unpaired) electrons. The molecule has 0 atom stereocenters. The molecule has 7 heteroatoms. The fourth-order valence-electron chi connectivity index (χ4n) is 2.13. The Hall–Kier alpha value is -2.15. The van der Waals surface area contributed by atoms with Gasteiger partial charge in [-0.1, -0.05) is 0 Å². The van der Waals surface area contributed by atoms with Gasteiger partial charge in [-0.3, -0.25) is 13.9 Å². The molecule has 0 aliphatic carbocycles. The molecule has 2 rings (SSSR count). The molecule has 0 saturated heterocycles. The van der Waals surface area contributed by atoms with Crippen LogP contribution in [0.25, 0.3) is 0 Å². The number of imidazole rings is 1. The summed E-state index contributed by atoms with van der Waals surface area (Å²) in [5.41, 5.74) is 0.145. The van der Waals surface area contributed by atoms with Crippen LogP contribution in [0.15, 0.2) is 34.4 Å². The summed E-state index contributed by atoms with van der Waals surface area (Å²) in [7, 11) is 3.16. The molecule has 0 saturated carbocycles. The zero-order valence-corrected chi connectivity index (χ0v) is 12.5. The molecule has 1 N–H and O–H groups in total. The Balaban J connectivity index is 1.76. The van der Waals surface area contributed by atoms with Crippen molar-refractivity contribution in [1.82, 2.24) is 24.0 Å². The summed E-state index contributed by atoms with van der Waals surface area (Å²) in [6, 6.07) is 1.50. The highest BCUT2D eigenvalue weighted by Crippen LogP contribution is 1.95. The lowest BCUT2D eigenvalue weighted by Gasteiger charge is -2.10. The maximum absolute atomic E-state index is 11.8. The van der Waals surface area contributed by atoms with Crippen LogP contribution in [-0.2, 0) is 27.2 Å². The molecule has 114 valence electrons. The van der Waals surface area contributed by atoms with Crippen LogP contribution in [-0.4, -0.2) is 25.2 Å². The molecule has 2 heterocycles. The lowest BCUT2D eigenvalue weighted by molar-refractivity contribution is 0.550. The average Bonchev–Trinajstić information content (AvgIpc) is 2.98. The molecular weight excluding hydrogens is 270 g/mol. The standard InChI is InChI=1S/C14H21N5O2/c1-17-12(9-13(20)18(2)14(17)21)10-15-5-3-4-7-19-8-6-16-11-19/h6,8-9,11,15H,3-5,7,10H2,1-2H3. The van der Waals surface area contributed by atoms with E-state index in [0.717, 1.165) is 30.5 Å². The molecule has 2 aromatic heterocycles. The minimum atomic E-state index is -0.292. The van der Waals surface area contributed by atoms with Gasteiger partial charge in [-0.05, 0) is 19.4 Å². The first-order valence-electron chi connectivity index (χ1n) is 7.02. The van der Waals surface area contributed by atoms with Crippen LogP contribution in [0.1, 0.15) is 18.5 Å². The van der Waals surface area contributed by atoms with Gasteiger partial charge in [0.15, 0.2) is 0 Å². The Labute approximate surface area is 122 Å². The van der Waals surface area contributed by atoms with E-state index in [9.17, 15) is 9.59 Å². The molecule has 21 heavy (non-hydrogen) atoms. The molecule has 0 bridgehead atoms. The number of aryl methyl sites for hydroxylation is 1. The summed E-state index contributed by atoms with van der Waals surface area (Å²) in [5, 5.41) is 3.26. The molecule has 7 nitrogen and oxygen atoms in total. The van der Waals surface area contributed by atoms with Crippen molar-refractivity contribution in [3.05, 3.63) is 51.3 Å². The lowest BCUT2D eigenvalue weighted by atomic mass is 10.3. The van der Waals surface area contributed by atoms with Crippen molar-refractivity contribution in [3.63, 3.8) is 0 Å². The van der Waals surface area contributed by atoms with Crippen LogP contribution >= 0.6 is 0 Å². The van der Waals surface area contributed by atoms with E-state index >= 15 is 0 Å². The number of unbranched alkanes of at least 4 members (excludes halogenated alkanes) is 1. The Morgan fingerprint density at radius 2 is 2.00 bits per heavy atom. The zero-order valence-electron chi connectivity index (χ0n) is 12.5. The van der Waals surface area contributed by atoms with Crippen molar-refractivity contribution in [2.24, 2.45) is 14.1 Å². The van der Waals surface area contributed by atoms with E-state index in [0.29, 0.717) is 12.2 Å². The summed E-state index contributed by atoms with van der Waals surface area (Å²) in [5.74, 6) is 0. The third-order valence-electron chi connectivity index (χ3n) is 3.51. The van der Waals surface area contributed by atoms with Crippen LogP contribution in [0.5, 0.6) is 0 Å². The highest BCUT2D eigenvalue weighted by molar-refractivity contribution is 5.01. The number of nitrogens with zero attached hydrogens (tertiary/aromatic N) is 4. The average molecular weight is 291 g/mol. The normalized spacial score (nSPS) is 11.0. The van der Waals surface area contributed by atoms with E-state index in [-0.39, 0.29) is 11.2 Å². The van der Waals surface area contributed by atoms with E-state index in [1.54, 1.807) is 13.2 Å². The van der Waals surface area contributed by atoms with Crippen molar-refractivity contribution in [2.75, 3.05) is 6.54 Å².